The maximum Gasteiger partial charge on any atom is 0.260 e. The van der Waals surface area contributed by atoms with Crippen LogP contribution in [0.2, 0.25) is 5.02 Å². The largest absolute Gasteiger partial charge is 0.496 e. The van der Waals surface area contributed by atoms with Gasteiger partial charge in [-0.1, -0.05) is 29.8 Å². The van der Waals surface area contributed by atoms with Crippen molar-refractivity contribution in [3.05, 3.63) is 88.7 Å². The number of pyridine rings is 1. The summed E-state index contributed by atoms with van der Waals surface area (Å²) in [7, 11) is 1.59. The number of hydrogen-bond acceptors (Lipinski definition) is 4. The predicted molar refractivity (Wildman–Crippen MR) is 115 cm³/mol. The van der Waals surface area contributed by atoms with Crippen LogP contribution in [-0.2, 0) is 11.3 Å². The Morgan fingerprint density at radius 1 is 1.13 bits per heavy atom. The molecule has 4 rings (SSSR count). The van der Waals surface area contributed by atoms with E-state index < -0.39 is 6.04 Å². The molecule has 0 unspecified atom stereocenters. The number of para-hydroxylation sites is 1. The zero-order valence-electron chi connectivity index (χ0n) is 16.3. The number of carbonyl (C=O) groups is 2. The van der Waals surface area contributed by atoms with E-state index in [1.54, 1.807) is 54.6 Å². The Kier molecular flexibility index (Phi) is 5.68. The summed E-state index contributed by atoms with van der Waals surface area (Å²) in [4.78, 5) is 31.8. The van der Waals surface area contributed by atoms with Crippen LogP contribution in [0.5, 0.6) is 5.75 Å². The van der Waals surface area contributed by atoms with Gasteiger partial charge in [0.1, 0.15) is 5.75 Å². The van der Waals surface area contributed by atoms with Gasteiger partial charge in [0.15, 0.2) is 0 Å². The first kappa shape index (κ1) is 19.9. The maximum atomic E-state index is 13.0. The zero-order chi connectivity index (χ0) is 21.1. The highest BCUT2D eigenvalue weighted by molar-refractivity contribution is 6.30. The molecule has 152 valence electrons. The van der Waals surface area contributed by atoms with Gasteiger partial charge in [-0.25, -0.2) is 0 Å². The molecule has 1 aliphatic heterocycles. The summed E-state index contributed by atoms with van der Waals surface area (Å²) in [5, 5.41) is 3.50. The van der Waals surface area contributed by atoms with Crippen LogP contribution >= 0.6 is 11.6 Å². The topological polar surface area (TPSA) is 71.5 Å². The molecule has 0 spiro atoms. The number of ether oxygens (including phenoxy) is 1. The summed E-state index contributed by atoms with van der Waals surface area (Å²) in [5.74, 6) is 0.350. The highest BCUT2D eigenvalue weighted by Crippen LogP contribution is 2.38. The average Bonchev–Trinajstić information content (AvgIpc) is 3.05. The van der Waals surface area contributed by atoms with Crippen LogP contribution in [0.15, 0.2) is 66.9 Å². The molecule has 0 radical (unpaired) electrons. The Bertz CT molecular complexity index is 1090. The number of fused-ring (bicyclic) bond motifs is 1. The van der Waals surface area contributed by atoms with Gasteiger partial charge >= 0.3 is 0 Å². The standard InChI is InChI=1S/C23H20ClN3O3/c1-30-20-7-3-2-5-15(20)14-26-21(28)13-19-22-18(6-4-12-25-22)23(29)27(19)17-10-8-16(24)9-11-17/h2-12,19H,13-14H2,1H3,(H,26,28)/t19-/m1/s1. The second-order valence-electron chi connectivity index (χ2n) is 6.90. The number of nitrogens with zero attached hydrogens (tertiary/aromatic N) is 2. The smallest absolute Gasteiger partial charge is 0.260 e. The van der Waals surface area contributed by atoms with Crippen LogP contribution in [0.4, 0.5) is 5.69 Å². The van der Waals surface area contributed by atoms with E-state index in [1.807, 2.05) is 24.3 Å². The summed E-state index contributed by atoms with van der Waals surface area (Å²) < 4.78 is 5.33. The molecule has 0 saturated carbocycles. The molecule has 2 aromatic carbocycles. The second kappa shape index (κ2) is 8.55. The van der Waals surface area contributed by atoms with Gasteiger partial charge in [-0.05, 0) is 42.5 Å². The first-order valence-electron chi connectivity index (χ1n) is 9.51. The van der Waals surface area contributed by atoms with Crippen LogP contribution in [0.1, 0.15) is 34.1 Å². The third kappa shape index (κ3) is 3.86. The summed E-state index contributed by atoms with van der Waals surface area (Å²) in [6.07, 6.45) is 1.73. The molecule has 1 aliphatic rings. The van der Waals surface area contributed by atoms with Crippen molar-refractivity contribution in [3.8, 4) is 5.75 Å². The quantitative estimate of drug-likeness (QED) is 0.649. The van der Waals surface area contributed by atoms with Gasteiger partial charge in [0.05, 0.1) is 30.8 Å². The lowest BCUT2D eigenvalue weighted by Gasteiger charge is -2.24. The second-order valence-corrected chi connectivity index (χ2v) is 7.33. The molecular formula is C23H20ClN3O3. The molecule has 0 aliphatic carbocycles. The van der Waals surface area contributed by atoms with E-state index in [9.17, 15) is 9.59 Å². The van der Waals surface area contributed by atoms with E-state index >= 15 is 0 Å². The molecule has 0 saturated heterocycles. The number of methoxy groups -OCH3 is 1. The van der Waals surface area contributed by atoms with Gasteiger partial charge in [0, 0.05) is 29.0 Å². The normalized spacial score (nSPS) is 15.1. The fourth-order valence-corrected chi connectivity index (χ4v) is 3.76. The van der Waals surface area contributed by atoms with Crippen molar-refractivity contribution in [2.45, 2.75) is 19.0 Å². The molecule has 1 N–H and O–H groups in total. The van der Waals surface area contributed by atoms with Crippen LogP contribution in [0.25, 0.3) is 0 Å². The Balaban J connectivity index is 1.56. The minimum absolute atomic E-state index is 0.0908. The minimum Gasteiger partial charge on any atom is -0.496 e. The number of rotatable bonds is 6. The fourth-order valence-electron chi connectivity index (χ4n) is 3.63. The lowest BCUT2D eigenvalue weighted by molar-refractivity contribution is -0.121. The highest BCUT2D eigenvalue weighted by Gasteiger charge is 2.39. The lowest BCUT2D eigenvalue weighted by atomic mass is 10.1. The van der Waals surface area contributed by atoms with E-state index in [-0.39, 0.29) is 18.2 Å². The molecule has 2 amide bonds. The molecule has 0 bridgehead atoms. The van der Waals surface area contributed by atoms with Crippen LogP contribution < -0.4 is 15.0 Å². The first-order chi connectivity index (χ1) is 14.6. The average molecular weight is 422 g/mol. The van der Waals surface area contributed by atoms with Crippen molar-refractivity contribution in [1.29, 1.82) is 0 Å². The van der Waals surface area contributed by atoms with Crippen molar-refractivity contribution >= 4 is 29.1 Å². The molecule has 0 fully saturated rings. The van der Waals surface area contributed by atoms with Crippen molar-refractivity contribution < 1.29 is 14.3 Å². The molecule has 1 aromatic heterocycles. The minimum atomic E-state index is -0.493. The van der Waals surface area contributed by atoms with Crippen molar-refractivity contribution in [1.82, 2.24) is 10.3 Å². The first-order valence-corrected chi connectivity index (χ1v) is 9.89. The molecular weight excluding hydrogens is 402 g/mol. The van der Waals surface area contributed by atoms with Gasteiger partial charge in [-0.2, -0.15) is 0 Å². The zero-order valence-corrected chi connectivity index (χ0v) is 17.1. The summed E-state index contributed by atoms with van der Waals surface area (Å²) in [6.45, 7) is 0.333. The Hall–Kier alpha value is -3.38. The monoisotopic (exact) mass is 421 g/mol. The fraction of sp³-hybridized carbons (Fsp3) is 0.174. The van der Waals surface area contributed by atoms with Crippen LogP contribution in [0.3, 0.4) is 0 Å². The number of aromatic nitrogens is 1. The number of anilines is 1. The Labute approximate surface area is 179 Å². The van der Waals surface area contributed by atoms with Crippen molar-refractivity contribution in [2.24, 2.45) is 0 Å². The van der Waals surface area contributed by atoms with Crippen molar-refractivity contribution in [2.75, 3.05) is 12.0 Å². The number of nitrogens with one attached hydrogen (secondary N) is 1. The van der Waals surface area contributed by atoms with Gasteiger partial charge in [0.25, 0.3) is 5.91 Å². The number of benzene rings is 2. The molecule has 1 atom stereocenters. The predicted octanol–water partition coefficient (Wildman–Crippen LogP) is 4.15. The Morgan fingerprint density at radius 2 is 1.90 bits per heavy atom. The van der Waals surface area contributed by atoms with Gasteiger partial charge in [-0.3, -0.25) is 19.5 Å². The highest BCUT2D eigenvalue weighted by atomic mass is 35.5. The van der Waals surface area contributed by atoms with Gasteiger partial charge in [-0.15, -0.1) is 0 Å². The van der Waals surface area contributed by atoms with Crippen molar-refractivity contribution in [3.63, 3.8) is 0 Å². The molecule has 3 aromatic rings. The molecule has 2 heterocycles. The van der Waals surface area contributed by atoms with Gasteiger partial charge in [0.2, 0.25) is 5.91 Å². The van der Waals surface area contributed by atoms with Gasteiger partial charge < -0.3 is 10.1 Å². The number of amides is 2. The van der Waals surface area contributed by atoms with E-state index in [1.165, 1.54) is 0 Å². The van der Waals surface area contributed by atoms with Crippen LogP contribution in [0, 0.1) is 0 Å². The lowest BCUT2D eigenvalue weighted by Crippen LogP contribution is -2.33. The Morgan fingerprint density at radius 3 is 2.67 bits per heavy atom. The summed E-state index contributed by atoms with van der Waals surface area (Å²) in [6, 6.07) is 17.5. The number of carbonyl (C=O) groups excluding carboxylic acids is 2. The maximum absolute atomic E-state index is 13.0. The van der Waals surface area contributed by atoms with E-state index in [4.69, 9.17) is 16.3 Å². The summed E-state index contributed by atoms with van der Waals surface area (Å²) >= 11 is 6.00. The number of halogens is 1. The third-order valence-corrected chi connectivity index (χ3v) is 5.32. The molecule has 7 heteroatoms. The van der Waals surface area contributed by atoms with E-state index in [2.05, 4.69) is 10.3 Å². The third-order valence-electron chi connectivity index (χ3n) is 5.07. The van der Waals surface area contributed by atoms with Crippen LogP contribution in [-0.4, -0.2) is 23.9 Å². The molecule has 6 nitrogen and oxygen atoms in total. The number of hydrogen-bond donors (Lipinski definition) is 1. The summed E-state index contributed by atoms with van der Waals surface area (Å²) in [5.41, 5.74) is 2.66. The molecule has 30 heavy (non-hydrogen) atoms. The van der Waals surface area contributed by atoms with E-state index in [0.29, 0.717) is 34.3 Å². The van der Waals surface area contributed by atoms with E-state index in [0.717, 1.165) is 5.56 Å². The SMILES string of the molecule is COc1ccccc1CNC(=O)C[C@@H]1c2ncccc2C(=O)N1c1ccc(Cl)cc1.